The molecule has 1 amide bonds. The van der Waals surface area contributed by atoms with E-state index in [1.807, 2.05) is 24.3 Å². The Balaban J connectivity index is 1.77. The van der Waals surface area contributed by atoms with Crippen LogP contribution in [0.2, 0.25) is 0 Å². The van der Waals surface area contributed by atoms with Crippen LogP contribution in [0, 0.1) is 0 Å². The zero-order valence-electron chi connectivity index (χ0n) is 10.5. The molecule has 1 atom stereocenters. The first kappa shape index (κ1) is 12.2. The summed E-state index contributed by atoms with van der Waals surface area (Å²) in [5, 5.41) is 9.72. The van der Waals surface area contributed by atoms with E-state index in [1.165, 1.54) is 17.1 Å². The molecule has 0 bridgehead atoms. The van der Waals surface area contributed by atoms with Crippen LogP contribution in [0.5, 0.6) is 0 Å². The minimum atomic E-state index is -0.860. The van der Waals surface area contributed by atoms with Gasteiger partial charge in [0.15, 0.2) is 6.23 Å². The van der Waals surface area contributed by atoms with E-state index in [4.69, 9.17) is 4.74 Å². The molecule has 0 aliphatic carbocycles. The van der Waals surface area contributed by atoms with Crippen molar-refractivity contribution >= 4 is 17.3 Å². The fourth-order valence-corrected chi connectivity index (χ4v) is 2.39. The third-order valence-electron chi connectivity index (χ3n) is 3.42. The fourth-order valence-electron chi connectivity index (χ4n) is 2.39. The van der Waals surface area contributed by atoms with Crippen LogP contribution < -0.4 is 9.80 Å². The largest absolute Gasteiger partial charge is 0.378 e. The van der Waals surface area contributed by atoms with E-state index in [2.05, 4.69) is 4.90 Å². The van der Waals surface area contributed by atoms with E-state index < -0.39 is 6.23 Å². The quantitative estimate of drug-likeness (QED) is 0.852. The van der Waals surface area contributed by atoms with Crippen LogP contribution in [0.3, 0.4) is 0 Å². The van der Waals surface area contributed by atoms with Crippen molar-refractivity contribution in [3.63, 3.8) is 0 Å². The Hall–Kier alpha value is -1.85. The van der Waals surface area contributed by atoms with Crippen molar-refractivity contribution in [3.8, 4) is 0 Å². The van der Waals surface area contributed by atoms with Crippen LogP contribution in [-0.2, 0) is 9.53 Å². The zero-order valence-corrected chi connectivity index (χ0v) is 10.5. The van der Waals surface area contributed by atoms with Crippen molar-refractivity contribution in [2.75, 3.05) is 36.1 Å². The van der Waals surface area contributed by atoms with Crippen molar-refractivity contribution in [1.29, 1.82) is 0 Å². The lowest BCUT2D eigenvalue weighted by Gasteiger charge is -2.29. The molecule has 1 aromatic carbocycles. The third-order valence-corrected chi connectivity index (χ3v) is 3.42. The number of carbonyl (C=O) groups is 1. The van der Waals surface area contributed by atoms with Gasteiger partial charge >= 0.3 is 0 Å². The summed E-state index contributed by atoms with van der Waals surface area (Å²) in [6.45, 7) is 3.25. The number of morpholine rings is 1. The lowest BCUT2D eigenvalue weighted by atomic mass is 10.2. The average Bonchev–Trinajstić information content (AvgIpc) is 2.79. The summed E-state index contributed by atoms with van der Waals surface area (Å²) in [5.74, 6) is -0.188. The summed E-state index contributed by atoms with van der Waals surface area (Å²) in [7, 11) is 0. The molecule has 5 nitrogen and oxygen atoms in total. The maximum atomic E-state index is 11.6. The molecule has 1 fully saturated rings. The number of benzene rings is 1. The van der Waals surface area contributed by atoms with Gasteiger partial charge in [-0.2, -0.15) is 0 Å². The molecule has 2 heterocycles. The summed E-state index contributed by atoms with van der Waals surface area (Å²) in [6.07, 6.45) is 2.01. The highest BCUT2D eigenvalue weighted by atomic mass is 16.5. The van der Waals surface area contributed by atoms with Gasteiger partial charge in [-0.25, -0.2) is 0 Å². The topological polar surface area (TPSA) is 53.0 Å². The van der Waals surface area contributed by atoms with E-state index in [1.54, 1.807) is 0 Å². The van der Waals surface area contributed by atoms with Crippen molar-refractivity contribution < 1.29 is 14.6 Å². The molecule has 1 N–H and O–H groups in total. The van der Waals surface area contributed by atoms with E-state index in [0.29, 0.717) is 5.69 Å². The molecule has 0 radical (unpaired) electrons. The lowest BCUT2D eigenvalue weighted by molar-refractivity contribution is -0.114. The van der Waals surface area contributed by atoms with E-state index in [0.717, 1.165) is 32.0 Å². The first-order valence-electron chi connectivity index (χ1n) is 6.38. The Kier molecular flexibility index (Phi) is 3.23. The molecule has 19 heavy (non-hydrogen) atoms. The summed E-state index contributed by atoms with van der Waals surface area (Å²) < 4.78 is 5.32. The Labute approximate surface area is 111 Å². The smallest absolute Gasteiger partial charge is 0.253 e. The van der Waals surface area contributed by atoms with E-state index in [-0.39, 0.29) is 5.91 Å². The Bertz CT molecular complexity index is 492. The van der Waals surface area contributed by atoms with Gasteiger partial charge in [0.25, 0.3) is 5.91 Å². The van der Waals surface area contributed by atoms with Crippen molar-refractivity contribution in [1.82, 2.24) is 0 Å². The summed E-state index contributed by atoms with van der Waals surface area (Å²) in [4.78, 5) is 15.2. The fraction of sp³-hybridized carbons (Fsp3) is 0.357. The highest BCUT2D eigenvalue weighted by Gasteiger charge is 2.25. The Morgan fingerprint density at radius 1 is 1.11 bits per heavy atom. The molecular formula is C14H16N2O3. The third kappa shape index (κ3) is 2.34. The van der Waals surface area contributed by atoms with Gasteiger partial charge in [0.05, 0.1) is 13.2 Å². The van der Waals surface area contributed by atoms with Crippen LogP contribution in [0.1, 0.15) is 0 Å². The number of amides is 1. The molecule has 0 aromatic heterocycles. The second-order valence-corrected chi connectivity index (χ2v) is 4.60. The standard InChI is InChI=1S/C14H16N2O3/c17-13-5-6-14(18)16(13)12-3-1-11(2-4-12)15-7-9-19-10-8-15/h1-6,13,17H,7-10H2. The predicted molar refractivity (Wildman–Crippen MR) is 72.1 cm³/mol. The molecule has 5 heteroatoms. The van der Waals surface area contributed by atoms with Crippen LogP contribution in [-0.4, -0.2) is 43.5 Å². The summed E-state index contributed by atoms with van der Waals surface area (Å²) >= 11 is 0. The van der Waals surface area contributed by atoms with Gasteiger partial charge < -0.3 is 14.7 Å². The number of nitrogens with zero attached hydrogens (tertiary/aromatic N) is 2. The highest BCUT2D eigenvalue weighted by molar-refractivity contribution is 6.04. The monoisotopic (exact) mass is 260 g/mol. The molecule has 3 rings (SSSR count). The number of hydrogen-bond acceptors (Lipinski definition) is 4. The van der Waals surface area contributed by atoms with Crippen LogP contribution >= 0.6 is 0 Å². The Morgan fingerprint density at radius 3 is 2.32 bits per heavy atom. The molecule has 0 spiro atoms. The molecule has 0 saturated carbocycles. The van der Waals surface area contributed by atoms with Gasteiger partial charge in [0.2, 0.25) is 0 Å². The van der Waals surface area contributed by atoms with Crippen LogP contribution in [0.15, 0.2) is 36.4 Å². The van der Waals surface area contributed by atoms with Gasteiger partial charge in [0, 0.05) is 30.5 Å². The molecule has 1 saturated heterocycles. The predicted octanol–water partition coefficient (Wildman–Crippen LogP) is 0.744. The Morgan fingerprint density at radius 2 is 1.74 bits per heavy atom. The highest BCUT2D eigenvalue weighted by Crippen LogP contribution is 2.25. The van der Waals surface area contributed by atoms with E-state index in [9.17, 15) is 9.90 Å². The van der Waals surface area contributed by atoms with E-state index >= 15 is 0 Å². The minimum absolute atomic E-state index is 0.188. The van der Waals surface area contributed by atoms with Crippen LogP contribution in [0.4, 0.5) is 11.4 Å². The molecule has 1 unspecified atom stereocenters. The number of rotatable bonds is 2. The number of aliphatic hydroxyl groups excluding tert-OH is 1. The van der Waals surface area contributed by atoms with Gasteiger partial charge in [-0.1, -0.05) is 0 Å². The molecule has 1 aromatic rings. The zero-order chi connectivity index (χ0) is 13.2. The average molecular weight is 260 g/mol. The maximum Gasteiger partial charge on any atom is 0.253 e. The lowest BCUT2D eigenvalue weighted by Crippen LogP contribution is -2.36. The van der Waals surface area contributed by atoms with Gasteiger partial charge in [-0.05, 0) is 30.3 Å². The second kappa shape index (κ2) is 5.03. The summed E-state index contributed by atoms with van der Waals surface area (Å²) in [6, 6.07) is 7.66. The maximum absolute atomic E-state index is 11.6. The first-order chi connectivity index (χ1) is 9.25. The normalized spacial score (nSPS) is 23.2. The number of ether oxygens (including phenoxy) is 1. The first-order valence-corrected chi connectivity index (χ1v) is 6.38. The molecule has 2 aliphatic heterocycles. The summed E-state index contributed by atoms with van der Waals surface area (Å²) in [5.41, 5.74) is 1.82. The van der Waals surface area contributed by atoms with Crippen molar-refractivity contribution in [2.24, 2.45) is 0 Å². The molecular weight excluding hydrogens is 244 g/mol. The number of anilines is 2. The molecule has 2 aliphatic rings. The van der Waals surface area contributed by atoms with Crippen molar-refractivity contribution in [3.05, 3.63) is 36.4 Å². The second-order valence-electron chi connectivity index (χ2n) is 4.60. The van der Waals surface area contributed by atoms with Gasteiger partial charge in [0.1, 0.15) is 0 Å². The van der Waals surface area contributed by atoms with Gasteiger partial charge in [-0.15, -0.1) is 0 Å². The number of carbonyl (C=O) groups excluding carboxylic acids is 1. The minimum Gasteiger partial charge on any atom is -0.378 e. The van der Waals surface area contributed by atoms with Crippen LogP contribution in [0.25, 0.3) is 0 Å². The van der Waals surface area contributed by atoms with Gasteiger partial charge in [-0.3, -0.25) is 9.69 Å². The van der Waals surface area contributed by atoms with Crippen molar-refractivity contribution in [2.45, 2.75) is 6.23 Å². The number of hydrogen-bond donors (Lipinski definition) is 1. The number of aliphatic hydroxyl groups is 1. The molecule has 100 valence electrons. The SMILES string of the molecule is O=C1C=CC(O)N1c1ccc(N2CCOCC2)cc1.